The first-order valence-corrected chi connectivity index (χ1v) is 18.9. The molecule has 0 saturated carbocycles. The van der Waals surface area contributed by atoms with Crippen molar-refractivity contribution >= 4 is 40.3 Å². The number of hydrogen-bond acceptors (Lipinski definition) is 12. The fraction of sp³-hybridized carbons (Fsp3) is 0.390. The number of aromatic nitrogens is 2. The van der Waals surface area contributed by atoms with Gasteiger partial charge >= 0.3 is 0 Å². The summed E-state index contributed by atoms with van der Waals surface area (Å²) in [5, 5.41) is 3.51. The van der Waals surface area contributed by atoms with E-state index in [0.29, 0.717) is 35.7 Å². The number of carbonyl (C=O) groups excluding carboxylic acids is 5. The lowest BCUT2D eigenvalue weighted by Crippen LogP contribution is -2.62. The Hall–Kier alpha value is -6.13. The quantitative estimate of drug-likeness (QED) is 0.155. The maximum Gasteiger partial charge on any atom is 0.262 e. The fourth-order valence-corrected chi connectivity index (χ4v) is 8.42. The Bertz CT molecular complexity index is 2350. The number of likely N-dealkylation sites (tertiary alicyclic amines) is 2. The van der Waals surface area contributed by atoms with Crippen LogP contribution in [0, 0.1) is 0 Å². The molecular formula is C41H42N6O10. The minimum Gasteiger partial charge on any atom is -0.496 e. The fourth-order valence-electron chi connectivity index (χ4n) is 8.42. The van der Waals surface area contributed by atoms with E-state index in [1.165, 1.54) is 12.1 Å². The van der Waals surface area contributed by atoms with Crippen LogP contribution in [0.4, 0.5) is 0 Å². The maximum atomic E-state index is 13.2. The largest absolute Gasteiger partial charge is 0.496 e. The van der Waals surface area contributed by atoms with Crippen molar-refractivity contribution < 1.29 is 42.9 Å². The van der Waals surface area contributed by atoms with Gasteiger partial charge in [-0.25, -0.2) is 0 Å². The third-order valence-corrected chi connectivity index (χ3v) is 11.4. The SMILES string of the molecule is COc1cc(-c2cn(C)c(=O)c3cnccc23)cc(OC)c1CN1CC2C1CCN2C(=O)CCOCCOc1ccc2c(c1)C(=O)N(C1CCC(=O)NC1=O)C2=O. The number of fused-ring (bicyclic) bond motifs is 3. The monoisotopic (exact) mass is 778 g/mol. The van der Waals surface area contributed by atoms with Crippen molar-refractivity contribution in [3.05, 3.63) is 82.0 Å². The first kappa shape index (κ1) is 37.8. The predicted octanol–water partition coefficient (Wildman–Crippen LogP) is 2.29. The molecule has 4 aliphatic heterocycles. The number of amides is 5. The summed E-state index contributed by atoms with van der Waals surface area (Å²) in [6.45, 7) is 2.55. The van der Waals surface area contributed by atoms with Gasteiger partial charge in [0.25, 0.3) is 17.4 Å². The molecule has 8 rings (SSSR count). The number of nitrogens with zero attached hydrogens (tertiary/aromatic N) is 5. The average Bonchev–Trinajstić information content (AvgIpc) is 3.67. The second kappa shape index (κ2) is 15.4. The number of imide groups is 2. The molecule has 3 atom stereocenters. The van der Waals surface area contributed by atoms with Crippen molar-refractivity contribution in [3.8, 4) is 28.4 Å². The number of hydrogen-bond donors (Lipinski definition) is 1. The molecule has 2 aromatic heterocycles. The van der Waals surface area contributed by atoms with Crippen LogP contribution in [0.25, 0.3) is 21.9 Å². The molecule has 4 aromatic rings. The Morgan fingerprint density at radius 3 is 2.40 bits per heavy atom. The molecule has 296 valence electrons. The van der Waals surface area contributed by atoms with Gasteiger partial charge in [0.05, 0.1) is 62.0 Å². The highest BCUT2D eigenvalue weighted by atomic mass is 16.5. The van der Waals surface area contributed by atoms with Gasteiger partial charge in [-0.1, -0.05) is 0 Å². The Balaban J connectivity index is 0.814. The molecule has 4 aliphatic rings. The minimum absolute atomic E-state index is 0.0321. The number of rotatable bonds is 13. The van der Waals surface area contributed by atoms with Gasteiger partial charge in [-0.3, -0.25) is 48.9 Å². The number of piperidine rings is 1. The van der Waals surface area contributed by atoms with Crippen LogP contribution in [0.1, 0.15) is 52.0 Å². The van der Waals surface area contributed by atoms with Crippen molar-refractivity contribution in [1.29, 1.82) is 0 Å². The van der Waals surface area contributed by atoms with E-state index in [-0.39, 0.29) is 73.8 Å². The van der Waals surface area contributed by atoms with Gasteiger partial charge in [-0.05, 0) is 60.2 Å². The minimum atomic E-state index is -1.04. The first-order chi connectivity index (χ1) is 27.6. The topological polar surface area (TPSA) is 179 Å². The number of methoxy groups -OCH3 is 2. The molecule has 5 amide bonds. The number of pyridine rings is 2. The van der Waals surface area contributed by atoms with Crippen molar-refractivity contribution in [3.63, 3.8) is 0 Å². The molecule has 16 nitrogen and oxygen atoms in total. The second-order valence-corrected chi connectivity index (χ2v) is 14.5. The standard InChI is InChI=1S/C41H42N6O10/c1-44-20-29(25-8-11-42-19-28(25)39(44)51)23-16-34(54-2)30(35(17-23)55-3)21-45-22-33-31(45)9-12-46(33)37(49)10-13-56-14-15-57-24-4-5-26-27(18-24)41(53)47(40(26)52)32-6-7-36(48)43-38(32)50/h4-5,8,11,16-20,31-33H,6-7,9-10,12-15,21-22H2,1-3H3,(H,43,48,50). The van der Waals surface area contributed by atoms with Gasteiger partial charge in [0.15, 0.2) is 0 Å². The molecule has 0 bridgehead atoms. The van der Waals surface area contributed by atoms with Gasteiger partial charge in [-0.2, -0.15) is 0 Å². The van der Waals surface area contributed by atoms with Crippen molar-refractivity contribution in [2.45, 2.75) is 50.4 Å². The van der Waals surface area contributed by atoms with Crippen LogP contribution in [0.5, 0.6) is 17.2 Å². The number of carbonyl (C=O) groups is 5. The average molecular weight is 779 g/mol. The molecule has 3 unspecified atom stereocenters. The number of aryl methyl sites for hydroxylation is 1. The summed E-state index contributed by atoms with van der Waals surface area (Å²) in [6, 6.07) is 9.59. The molecule has 0 aliphatic carbocycles. The predicted molar refractivity (Wildman–Crippen MR) is 204 cm³/mol. The van der Waals surface area contributed by atoms with Gasteiger partial charge < -0.3 is 28.4 Å². The summed E-state index contributed by atoms with van der Waals surface area (Å²) >= 11 is 0. The smallest absolute Gasteiger partial charge is 0.262 e. The number of ether oxygens (including phenoxy) is 4. The van der Waals surface area contributed by atoms with Crippen molar-refractivity contribution in [2.75, 3.05) is 47.1 Å². The van der Waals surface area contributed by atoms with E-state index >= 15 is 0 Å². The molecule has 1 N–H and O–H groups in total. The Morgan fingerprint density at radius 2 is 1.65 bits per heavy atom. The van der Waals surface area contributed by atoms with Crippen LogP contribution in [0.2, 0.25) is 0 Å². The Morgan fingerprint density at radius 1 is 0.877 bits per heavy atom. The van der Waals surface area contributed by atoms with Crippen LogP contribution >= 0.6 is 0 Å². The van der Waals surface area contributed by atoms with Gasteiger partial charge in [-0.15, -0.1) is 0 Å². The molecular weight excluding hydrogens is 736 g/mol. The molecule has 0 spiro atoms. The number of benzene rings is 2. The Kier molecular flexibility index (Phi) is 10.2. The molecule has 0 radical (unpaired) electrons. The van der Waals surface area contributed by atoms with Crippen LogP contribution in [0.15, 0.2) is 59.8 Å². The molecule has 3 fully saturated rings. The van der Waals surface area contributed by atoms with Crippen molar-refractivity contribution in [1.82, 2.24) is 29.6 Å². The van der Waals surface area contributed by atoms with E-state index in [4.69, 9.17) is 18.9 Å². The highest BCUT2D eigenvalue weighted by Gasteiger charge is 2.49. The lowest BCUT2D eigenvalue weighted by atomic mass is 9.94. The van der Waals surface area contributed by atoms with E-state index < -0.39 is 29.7 Å². The third-order valence-electron chi connectivity index (χ3n) is 11.4. The van der Waals surface area contributed by atoms with E-state index in [1.807, 2.05) is 29.3 Å². The van der Waals surface area contributed by atoms with E-state index in [2.05, 4.69) is 15.2 Å². The highest BCUT2D eigenvalue weighted by Crippen LogP contribution is 2.41. The highest BCUT2D eigenvalue weighted by molar-refractivity contribution is 6.23. The summed E-state index contributed by atoms with van der Waals surface area (Å²) in [5.74, 6) is -0.551. The normalized spacial score (nSPS) is 20.4. The lowest BCUT2D eigenvalue weighted by Gasteiger charge is -2.47. The van der Waals surface area contributed by atoms with Crippen LogP contribution in [-0.2, 0) is 32.7 Å². The molecule has 16 heteroatoms. The molecule has 6 heterocycles. The van der Waals surface area contributed by atoms with Gasteiger partial charge in [0, 0.05) is 63.3 Å². The zero-order valence-corrected chi connectivity index (χ0v) is 31.8. The lowest BCUT2D eigenvalue weighted by molar-refractivity contribution is -0.137. The van der Waals surface area contributed by atoms with Crippen LogP contribution < -0.4 is 25.1 Å². The maximum absolute atomic E-state index is 13.2. The third kappa shape index (κ3) is 6.88. The Labute approximate surface area is 327 Å². The zero-order chi connectivity index (χ0) is 40.0. The summed E-state index contributed by atoms with van der Waals surface area (Å²) in [5.41, 5.74) is 2.81. The zero-order valence-electron chi connectivity index (χ0n) is 31.8. The number of nitrogens with one attached hydrogen (secondary N) is 1. The van der Waals surface area contributed by atoms with Gasteiger partial charge in [0.1, 0.15) is 29.9 Å². The first-order valence-electron chi connectivity index (χ1n) is 18.9. The molecule has 57 heavy (non-hydrogen) atoms. The van der Waals surface area contributed by atoms with Crippen molar-refractivity contribution in [2.24, 2.45) is 7.05 Å². The summed E-state index contributed by atoms with van der Waals surface area (Å²) in [6.07, 6.45) is 6.28. The summed E-state index contributed by atoms with van der Waals surface area (Å²) in [7, 11) is 4.98. The summed E-state index contributed by atoms with van der Waals surface area (Å²) < 4.78 is 24.8. The van der Waals surface area contributed by atoms with Crippen LogP contribution in [-0.4, -0.2) is 119 Å². The van der Waals surface area contributed by atoms with E-state index in [0.717, 1.165) is 39.9 Å². The van der Waals surface area contributed by atoms with E-state index in [1.54, 1.807) is 44.3 Å². The molecule has 2 aromatic carbocycles. The van der Waals surface area contributed by atoms with Gasteiger partial charge in [0.2, 0.25) is 17.7 Å². The molecule has 3 saturated heterocycles. The second-order valence-electron chi connectivity index (χ2n) is 14.5. The van der Waals surface area contributed by atoms with Crippen LogP contribution in [0.3, 0.4) is 0 Å². The van der Waals surface area contributed by atoms with E-state index in [9.17, 15) is 28.8 Å². The summed E-state index contributed by atoms with van der Waals surface area (Å²) in [4.78, 5) is 85.2.